The molecule has 0 bridgehead atoms. The summed E-state index contributed by atoms with van der Waals surface area (Å²) in [4.78, 5) is 32.6. The monoisotopic (exact) mass is 507 g/mol. The molecule has 0 atom stereocenters. The average Bonchev–Trinajstić information content (AvgIpc) is 2.94. The molecule has 0 aliphatic heterocycles. The normalized spacial score (nSPS) is 14.5. The van der Waals surface area contributed by atoms with Crippen LogP contribution in [-0.2, 0) is 6.42 Å². The van der Waals surface area contributed by atoms with Crippen LogP contribution < -0.4 is 10.9 Å². The van der Waals surface area contributed by atoms with Crippen molar-refractivity contribution in [2.75, 3.05) is 6.54 Å². The van der Waals surface area contributed by atoms with Crippen molar-refractivity contribution in [3.63, 3.8) is 0 Å². The summed E-state index contributed by atoms with van der Waals surface area (Å²) in [6.07, 6.45) is 8.42. The molecule has 0 spiro atoms. The highest BCUT2D eigenvalue weighted by atomic mass is 16.3. The molecule has 1 aromatic heterocycles. The molecule has 38 heavy (non-hydrogen) atoms. The SMILES string of the molecule is Cc1cccc(CCNC(=O)c2ccc3nc(/C=C(\O)c4ccc(C5CCCCC5)cc4)c(=O)[nH]c3c2)c1. The molecule has 3 N–H and O–H groups in total. The number of carbonyl (C=O) groups excluding carboxylic acids is 1. The van der Waals surface area contributed by atoms with E-state index in [9.17, 15) is 14.7 Å². The molecule has 0 radical (unpaired) electrons. The first kappa shape index (κ1) is 25.5. The van der Waals surface area contributed by atoms with Crippen LogP contribution in [0.2, 0.25) is 0 Å². The van der Waals surface area contributed by atoms with Crippen LogP contribution in [0.15, 0.2) is 71.5 Å². The fourth-order valence-corrected chi connectivity index (χ4v) is 5.20. The summed E-state index contributed by atoms with van der Waals surface area (Å²) in [5, 5.41) is 13.6. The number of nitrogens with zero attached hydrogens (tertiary/aromatic N) is 1. The number of benzene rings is 3. The number of carbonyl (C=O) groups is 1. The number of H-pyrrole nitrogens is 1. The largest absolute Gasteiger partial charge is 0.507 e. The third-order valence-corrected chi connectivity index (χ3v) is 7.32. The van der Waals surface area contributed by atoms with Gasteiger partial charge in [0.25, 0.3) is 11.5 Å². The van der Waals surface area contributed by atoms with Gasteiger partial charge in [-0.2, -0.15) is 0 Å². The van der Waals surface area contributed by atoms with E-state index in [0.29, 0.717) is 34.6 Å². The summed E-state index contributed by atoms with van der Waals surface area (Å²) in [6, 6.07) is 21.2. The van der Waals surface area contributed by atoms with Crippen LogP contribution in [0.3, 0.4) is 0 Å². The summed E-state index contributed by atoms with van der Waals surface area (Å²) >= 11 is 0. The van der Waals surface area contributed by atoms with Crippen molar-refractivity contribution in [1.29, 1.82) is 0 Å². The minimum atomic E-state index is -0.431. The average molecular weight is 508 g/mol. The highest BCUT2D eigenvalue weighted by molar-refractivity contribution is 5.97. The van der Waals surface area contributed by atoms with Crippen molar-refractivity contribution >= 4 is 28.8 Å². The molecule has 0 unspecified atom stereocenters. The van der Waals surface area contributed by atoms with Gasteiger partial charge in [0.2, 0.25) is 0 Å². The summed E-state index contributed by atoms with van der Waals surface area (Å²) in [7, 11) is 0. The molecule has 0 saturated heterocycles. The molecule has 1 saturated carbocycles. The number of aromatic nitrogens is 2. The van der Waals surface area contributed by atoms with Gasteiger partial charge in [-0.05, 0) is 61.4 Å². The second-order valence-corrected chi connectivity index (χ2v) is 10.2. The third kappa shape index (κ3) is 6.02. The summed E-state index contributed by atoms with van der Waals surface area (Å²) in [6.45, 7) is 2.56. The zero-order valence-electron chi connectivity index (χ0n) is 21.7. The molecule has 3 aromatic carbocycles. The first-order valence-corrected chi connectivity index (χ1v) is 13.3. The lowest BCUT2D eigenvalue weighted by Gasteiger charge is -2.22. The number of aromatic amines is 1. The quantitative estimate of drug-likeness (QED) is 0.256. The molecule has 6 nitrogen and oxygen atoms in total. The Morgan fingerprint density at radius 1 is 1.03 bits per heavy atom. The van der Waals surface area contributed by atoms with Crippen molar-refractivity contribution in [3.8, 4) is 0 Å². The van der Waals surface area contributed by atoms with Gasteiger partial charge in [-0.3, -0.25) is 9.59 Å². The van der Waals surface area contributed by atoms with Crippen molar-refractivity contribution in [2.45, 2.75) is 51.4 Å². The van der Waals surface area contributed by atoms with E-state index in [0.717, 1.165) is 6.42 Å². The number of hydrogen-bond donors (Lipinski definition) is 3. The van der Waals surface area contributed by atoms with Crippen LogP contribution in [0.1, 0.15) is 76.3 Å². The van der Waals surface area contributed by atoms with E-state index in [1.54, 1.807) is 18.2 Å². The van der Waals surface area contributed by atoms with Gasteiger partial charge in [0.15, 0.2) is 0 Å². The molecule has 5 rings (SSSR count). The van der Waals surface area contributed by atoms with E-state index >= 15 is 0 Å². The van der Waals surface area contributed by atoms with Crippen LogP contribution in [0.25, 0.3) is 22.9 Å². The van der Waals surface area contributed by atoms with Crippen LogP contribution in [0.5, 0.6) is 0 Å². The lowest BCUT2D eigenvalue weighted by atomic mass is 9.84. The number of aliphatic hydroxyl groups excluding tert-OH is 1. The molecule has 6 heteroatoms. The van der Waals surface area contributed by atoms with E-state index in [2.05, 4.69) is 33.5 Å². The number of hydrogen-bond acceptors (Lipinski definition) is 4. The van der Waals surface area contributed by atoms with Crippen molar-refractivity contribution in [1.82, 2.24) is 15.3 Å². The minimum absolute atomic E-state index is 0.0119. The van der Waals surface area contributed by atoms with Crippen molar-refractivity contribution in [2.24, 2.45) is 0 Å². The fourth-order valence-electron chi connectivity index (χ4n) is 5.20. The molecule has 1 fully saturated rings. The lowest BCUT2D eigenvalue weighted by Crippen LogP contribution is -2.25. The van der Waals surface area contributed by atoms with Gasteiger partial charge in [-0.1, -0.05) is 73.4 Å². The second-order valence-electron chi connectivity index (χ2n) is 10.2. The van der Waals surface area contributed by atoms with E-state index in [4.69, 9.17) is 0 Å². The molecular formula is C32H33N3O3. The van der Waals surface area contributed by atoms with Crippen molar-refractivity contribution in [3.05, 3.63) is 111 Å². The Morgan fingerprint density at radius 3 is 2.55 bits per heavy atom. The Morgan fingerprint density at radius 2 is 1.79 bits per heavy atom. The number of amides is 1. The molecule has 1 aliphatic carbocycles. The lowest BCUT2D eigenvalue weighted by molar-refractivity contribution is 0.0954. The first-order chi connectivity index (χ1) is 18.5. The van der Waals surface area contributed by atoms with Crippen LogP contribution in [0.4, 0.5) is 0 Å². The van der Waals surface area contributed by atoms with Gasteiger partial charge in [0.05, 0.1) is 11.0 Å². The van der Waals surface area contributed by atoms with Gasteiger partial charge in [-0.15, -0.1) is 0 Å². The molecule has 1 heterocycles. The van der Waals surface area contributed by atoms with Gasteiger partial charge in [0, 0.05) is 23.7 Å². The maximum atomic E-state index is 12.7. The molecule has 4 aromatic rings. The van der Waals surface area contributed by atoms with Crippen LogP contribution >= 0.6 is 0 Å². The number of aryl methyl sites for hydroxylation is 1. The van der Waals surface area contributed by atoms with Crippen LogP contribution in [0, 0.1) is 6.92 Å². The molecular weight excluding hydrogens is 474 g/mol. The number of aliphatic hydroxyl groups is 1. The van der Waals surface area contributed by atoms with Gasteiger partial charge >= 0.3 is 0 Å². The summed E-state index contributed by atoms with van der Waals surface area (Å²) in [5.74, 6) is 0.370. The van der Waals surface area contributed by atoms with Gasteiger partial charge in [0.1, 0.15) is 11.5 Å². The number of nitrogens with one attached hydrogen (secondary N) is 2. The molecule has 1 amide bonds. The van der Waals surface area contributed by atoms with E-state index < -0.39 is 5.56 Å². The van der Waals surface area contributed by atoms with Gasteiger partial charge in [-0.25, -0.2) is 4.98 Å². The Labute approximate surface area is 222 Å². The zero-order chi connectivity index (χ0) is 26.5. The van der Waals surface area contributed by atoms with E-state index in [1.807, 2.05) is 37.3 Å². The number of rotatable bonds is 7. The van der Waals surface area contributed by atoms with Gasteiger partial charge < -0.3 is 15.4 Å². The fraction of sp³-hybridized carbons (Fsp3) is 0.281. The highest BCUT2D eigenvalue weighted by Gasteiger charge is 2.16. The number of fused-ring (bicyclic) bond motifs is 1. The van der Waals surface area contributed by atoms with E-state index in [-0.39, 0.29) is 17.4 Å². The zero-order valence-corrected chi connectivity index (χ0v) is 21.7. The maximum absolute atomic E-state index is 12.7. The van der Waals surface area contributed by atoms with E-state index in [1.165, 1.54) is 54.9 Å². The second kappa shape index (κ2) is 11.5. The van der Waals surface area contributed by atoms with Crippen LogP contribution in [-0.4, -0.2) is 27.5 Å². The Bertz CT molecular complexity index is 1530. The molecule has 1 aliphatic rings. The Balaban J connectivity index is 1.27. The highest BCUT2D eigenvalue weighted by Crippen LogP contribution is 2.33. The third-order valence-electron chi connectivity index (χ3n) is 7.32. The van der Waals surface area contributed by atoms with Crippen molar-refractivity contribution < 1.29 is 9.90 Å². The topological polar surface area (TPSA) is 95.1 Å². The standard InChI is InChI=1S/C32H33N3O3/c1-21-6-5-7-22(18-21)16-17-33-31(37)26-14-15-27-28(19-26)35-32(38)29(34-27)20-30(36)25-12-10-24(11-13-25)23-8-3-2-4-9-23/h5-7,10-15,18-20,23,36H,2-4,8-9,16-17H2,1H3,(H,33,37)(H,35,38)/b30-20-. The summed E-state index contributed by atoms with van der Waals surface area (Å²) in [5.41, 5.74) is 5.44. The molecule has 194 valence electrons. The maximum Gasteiger partial charge on any atom is 0.274 e. The smallest absolute Gasteiger partial charge is 0.274 e. The summed E-state index contributed by atoms with van der Waals surface area (Å²) < 4.78 is 0. The predicted octanol–water partition coefficient (Wildman–Crippen LogP) is 6.31. The predicted molar refractivity (Wildman–Crippen MR) is 152 cm³/mol. The first-order valence-electron chi connectivity index (χ1n) is 13.3. The minimum Gasteiger partial charge on any atom is -0.507 e. The Kier molecular flexibility index (Phi) is 7.68. The Hall–Kier alpha value is -4.19.